The highest BCUT2D eigenvalue weighted by Crippen LogP contribution is 2.44. The number of anilines is 1. The maximum Gasteiger partial charge on any atom is 0.256 e. The molecule has 1 aliphatic heterocycles. The molecular formula is C26H29F2N7O2. The van der Waals surface area contributed by atoms with Crippen LogP contribution in [0.4, 0.5) is 14.7 Å². The summed E-state index contributed by atoms with van der Waals surface area (Å²) in [5.41, 5.74) is 3.31. The van der Waals surface area contributed by atoms with Crippen molar-refractivity contribution in [2.24, 2.45) is 5.41 Å². The number of nitrogens with one attached hydrogen (secondary N) is 1. The number of carbonyl (C=O) groups excluding carboxylic acids is 1. The molecule has 1 saturated carbocycles. The van der Waals surface area contributed by atoms with Gasteiger partial charge in [-0.1, -0.05) is 13.0 Å². The number of methoxy groups -OCH3 is 1. The van der Waals surface area contributed by atoms with Crippen molar-refractivity contribution in [1.82, 2.24) is 29.0 Å². The second-order valence-corrected chi connectivity index (χ2v) is 10.3. The Balaban J connectivity index is 1.28. The molecule has 1 aliphatic carbocycles. The Kier molecular flexibility index (Phi) is 5.54. The van der Waals surface area contributed by atoms with Crippen LogP contribution >= 0.6 is 0 Å². The van der Waals surface area contributed by atoms with Crippen LogP contribution in [-0.2, 0) is 11.3 Å². The summed E-state index contributed by atoms with van der Waals surface area (Å²) in [5.74, 6) is 1.61. The van der Waals surface area contributed by atoms with E-state index in [4.69, 9.17) is 4.74 Å². The summed E-state index contributed by atoms with van der Waals surface area (Å²) in [7, 11) is 1.55. The molecule has 6 rings (SSSR count). The number of hydrogen-bond acceptors (Lipinski definition) is 6. The molecule has 2 fully saturated rings. The highest BCUT2D eigenvalue weighted by atomic mass is 19.3. The van der Waals surface area contributed by atoms with Gasteiger partial charge in [0.1, 0.15) is 11.3 Å². The van der Waals surface area contributed by atoms with Gasteiger partial charge in [0.25, 0.3) is 6.43 Å². The topological polar surface area (TPSA) is 89.6 Å². The summed E-state index contributed by atoms with van der Waals surface area (Å²) in [5, 5.41) is 7.99. The number of rotatable bonds is 7. The van der Waals surface area contributed by atoms with Crippen LogP contribution < -0.4 is 10.1 Å². The molecule has 4 heterocycles. The lowest BCUT2D eigenvalue weighted by Crippen LogP contribution is -2.56. The Bertz CT molecular complexity index is 1500. The van der Waals surface area contributed by atoms with Crippen molar-refractivity contribution in [1.29, 1.82) is 0 Å². The van der Waals surface area contributed by atoms with Gasteiger partial charge in [-0.25, -0.2) is 18.3 Å². The third-order valence-electron chi connectivity index (χ3n) is 7.63. The zero-order valence-electron chi connectivity index (χ0n) is 21.0. The SMILES string of the molecule is COc1nc(NC2CC(C)(C(=O)N3CCC3)C2)nn2ccc(-c3ccc4nc(C)n(CC(F)F)c4c3)c12. The lowest BCUT2D eigenvalue weighted by atomic mass is 9.65. The number of likely N-dealkylation sites (tertiary alicyclic amines) is 1. The molecule has 4 aromatic rings. The first-order valence-corrected chi connectivity index (χ1v) is 12.5. The third kappa shape index (κ3) is 3.96. The monoisotopic (exact) mass is 509 g/mol. The number of nitrogens with zero attached hydrogens (tertiary/aromatic N) is 6. The van der Waals surface area contributed by atoms with Crippen molar-refractivity contribution in [3.05, 3.63) is 36.3 Å². The zero-order chi connectivity index (χ0) is 25.9. The van der Waals surface area contributed by atoms with Crippen LogP contribution in [0.5, 0.6) is 5.88 Å². The molecule has 0 radical (unpaired) electrons. The Hall–Kier alpha value is -3.76. The van der Waals surface area contributed by atoms with Gasteiger partial charge in [-0.3, -0.25) is 4.79 Å². The lowest BCUT2D eigenvalue weighted by molar-refractivity contribution is -0.150. The molecule has 0 atom stereocenters. The molecule has 0 bridgehead atoms. The number of halogens is 2. The highest BCUT2D eigenvalue weighted by Gasteiger charge is 2.49. The van der Waals surface area contributed by atoms with Gasteiger partial charge in [0.15, 0.2) is 0 Å². The van der Waals surface area contributed by atoms with Crippen molar-refractivity contribution in [2.75, 3.05) is 25.5 Å². The Morgan fingerprint density at radius 2 is 2.03 bits per heavy atom. The molecule has 37 heavy (non-hydrogen) atoms. The summed E-state index contributed by atoms with van der Waals surface area (Å²) in [6.07, 6.45) is 1.90. The maximum atomic E-state index is 13.2. The largest absolute Gasteiger partial charge is 0.479 e. The molecule has 3 aromatic heterocycles. The van der Waals surface area contributed by atoms with Crippen molar-refractivity contribution in [3.8, 4) is 17.0 Å². The van der Waals surface area contributed by atoms with Crippen molar-refractivity contribution < 1.29 is 18.3 Å². The molecule has 1 N–H and O–H groups in total. The van der Waals surface area contributed by atoms with Crippen LogP contribution in [0.3, 0.4) is 0 Å². The van der Waals surface area contributed by atoms with Gasteiger partial charge < -0.3 is 19.5 Å². The Morgan fingerprint density at radius 3 is 2.70 bits per heavy atom. The summed E-state index contributed by atoms with van der Waals surface area (Å²) >= 11 is 0. The molecule has 1 aromatic carbocycles. The van der Waals surface area contributed by atoms with E-state index >= 15 is 0 Å². The van der Waals surface area contributed by atoms with E-state index in [0.29, 0.717) is 34.2 Å². The second kappa shape index (κ2) is 8.67. The summed E-state index contributed by atoms with van der Waals surface area (Å²) in [6.45, 7) is 5.07. The van der Waals surface area contributed by atoms with Crippen LogP contribution in [-0.4, -0.2) is 67.6 Å². The minimum Gasteiger partial charge on any atom is -0.479 e. The number of amides is 1. The molecule has 1 saturated heterocycles. The fourth-order valence-electron chi connectivity index (χ4n) is 5.60. The zero-order valence-corrected chi connectivity index (χ0v) is 21.0. The first-order valence-electron chi connectivity index (χ1n) is 12.5. The predicted molar refractivity (Wildman–Crippen MR) is 135 cm³/mol. The molecule has 2 aliphatic rings. The number of ether oxygens (including phenoxy) is 1. The first-order chi connectivity index (χ1) is 17.8. The standard InChI is InChI=1S/C26H29F2N7O2/c1-15-29-19-6-5-16(11-20(19)34(15)14-21(27)28)18-7-10-35-22(18)23(37-3)31-25(32-35)30-17-12-26(2,13-17)24(36)33-8-4-9-33/h5-7,10-11,17,21H,4,8-9,12-14H2,1-3H3,(H,30,32). The van der Waals surface area contributed by atoms with Crippen molar-refractivity contribution in [3.63, 3.8) is 0 Å². The Morgan fingerprint density at radius 1 is 1.24 bits per heavy atom. The molecule has 9 nitrogen and oxygen atoms in total. The second-order valence-electron chi connectivity index (χ2n) is 10.3. The van der Waals surface area contributed by atoms with Crippen LogP contribution in [0.2, 0.25) is 0 Å². The van der Waals surface area contributed by atoms with Crippen LogP contribution in [0.1, 0.15) is 32.0 Å². The predicted octanol–water partition coefficient (Wildman–Crippen LogP) is 4.14. The molecule has 194 valence electrons. The van der Waals surface area contributed by atoms with E-state index in [9.17, 15) is 13.6 Å². The number of hydrogen-bond donors (Lipinski definition) is 1. The van der Waals surface area contributed by atoms with Crippen molar-refractivity contribution >= 4 is 28.4 Å². The normalized spacial score (nSPS) is 21.4. The van der Waals surface area contributed by atoms with Gasteiger partial charge in [-0.2, -0.15) is 4.98 Å². The maximum absolute atomic E-state index is 13.2. The number of carbonyl (C=O) groups is 1. The van der Waals surface area contributed by atoms with E-state index in [0.717, 1.165) is 43.5 Å². The molecular weight excluding hydrogens is 480 g/mol. The summed E-state index contributed by atoms with van der Waals surface area (Å²) in [6, 6.07) is 7.62. The van der Waals surface area contributed by atoms with Gasteiger partial charge in [0, 0.05) is 30.9 Å². The lowest BCUT2D eigenvalue weighted by Gasteiger charge is -2.48. The van der Waals surface area contributed by atoms with Gasteiger partial charge in [0.2, 0.25) is 17.7 Å². The average Bonchev–Trinajstić information content (AvgIpc) is 3.36. The number of benzene rings is 1. The first kappa shape index (κ1) is 23.6. The van der Waals surface area contributed by atoms with Crippen molar-refractivity contribution in [2.45, 2.75) is 52.1 Å². The smallest absolute Gasteiger partial charge is 0.256 e. The van der Waals surface area contributed by atoms with E-state index in [1.807, 2.05) is 42.3 Å². The number of aromatic nitrogens is 5. The number of alkyl halides is 2. The number of aryl methyl sites for hydroxylation is 1. The highest BCUT2D eigenvalue weighted by molar-refractivity contribution is 5.90. The summed E-state index contributed by atoms with van der Waals surface area (Å²) < 4.78 is 35.2. The van der Waals surface area contributed by atoms with Crippen LogP contribution in [0, 0.1) is 12.3 Å². The van der Waals surface area contributed by atoms with Gasteiger partial charge >= 0.3 is 0 Å². The fourth-order valence-corrected chi connectivity index (χ4v) is 5.60. The van der Waals surface area contributed by atoms with E-state index in [1.54, 1.807) is 18.5 Å². The van der Waals surface area contributed by atoms with E-state index in [-0.39, 0.29) is 17.4 Å². The number of imidazole rings is 1. The van der Waals surface area contributed by atoms with Gasteiger partial charge in [-0.05, 0) is 49.9 Å². The molecule has 1 amide bonds. The van der Waals surface area contributed by atoms with E-state index in [1.165, 1.54) is 4.57 Å². The number of fused-ring (bicyclic) bond motifs is 2. The fraction of sp³-hybridized carbons (Fsp3) is 0.462. The van der Waals surface area contributed by atoms with E-state index in [2.05, 4.69) is 20.4 Å². The third-order valence-corrected chi connectivity index (χ3v) is 7.63. The van der Waals surface area contributed by atoms with Crippen LogP contribution in [0.15, 0.2) is 30.5 Å². The minimum absolute atomic E-state index is 0.105. The Labute approximate surface area is 212 Å². The molecule has 0 unspecified atom stereocenters. The van der Waals surface area contributed by atoms with Gasteiger partial charge in [0.05, 0.1) is 30.1 Å². The quantitative estimate of drug-likeness (QED) is 0.403. The molecule has 0 spiro atoms. The molecule has 11 heteroatoms. The van der Waals surface area contributed by atoms with Gasteiger partial charge in [-0.15, -0.1) is 5.10 Å². The average molecular weight is 510 g/mol. The van der Waals surface area contributed by atoms with E-state index < -0.39 is 13.0 Å². The minimum atomic E-state index is -2.48. The summed E-state index contributed by atoms with van der Waals surface area (Å²) in [4.78, 5) is 23.6. The van der Waals surface area contributed by atoms with Crippen LogP contribution in [0.25, 0.3) is 27.7 Å².